The van der Waals surface area contributed by atoms with Crippen molar-refractivity contribution in [3.8, 4) is 0 Å². The van der Waals surface area contributed by atoms with Gasteiger partial charge in [0, 0.05) is 18.6 Å². The van der Waals surface area contributed by atoms with E-state index in [0.29, 0.717) is 11.3 Å². The molecule has 0 heterocycles. The normalized spacial score (nSPS) is 21.4. The molecule has 0 N–H and O–H groups in total. The maximum absolute atomic E-state index is 12.0. The van der Waals surface area contributed by atoms with Crippen LogP contribution in [0.4, 0.5) is 0 Å². The highest BCUT2D eigenvalue weighted by Crippen LogP contribution is 2.38. The van der Waals surface area contributed by atoms with Gasteiger partial charge < -0.3 is 9.47 Å². The van der Waals surface area contributed by atoms with E-state index in [9.17, 15) is 9.59 Å². The van der Waals surface area contributed by atoms with Gasteiger partial charge in [0.15, 0.2) is 5.78 Å². The molecule has 19 heavy (non-hydrogen) atoms. The minimum Gasteiger partial charge on any atom is -0.500 e. The lowest BCUT2D eigenvalue weighted by Crippen LogP contribution is -2.37. The molecular formula is C15H16O4. The third-order valence-electron chi connectivity index (χ3n) is 3.38. The van der Waals surface area contributed by atoms with Gasteiger partial charge in [0.05, 0.1) is 12.5 Å². The van der Waals surface area contributed by atoms with Crippen molar-refractivity contribution in [2.24, 2.45) is 0 Å². The van der Waals surface area contributed by atoms with Crippen LogP contribution in [0.2, 0.25) is 0 Å². The first-order valence-electron chi connectivity index (χ1n) is 6.02. The molecule has 0 radical (unpaired) electrons. The van der Waals surface area contributed by atoms with E-state index >= 15 is 0 Å². The van der Waals surface area contributed by atoms with E-state index in [4.69, 9.17) is 9.47 Å². The molecule has 0 saturated heterocycles. The summed E-state index contributed by atoms with van der Waals surface area (Å²) in [4.78, 5) is 23.1. The van der Waals surface area contributed by atoms with E-state index in [1.807, 2.05) is 25.1 Å². The summed E-state index contributed by atoms with van der Waals surface area (Å²) in [6, 6.07) is 7.31. The van der Waals surface area contributed by atoms with Crippen LogP contribution in [0.15, 0.2) is 36.1 Å². The fourth-order valence-corrected chi connectivity index (χ4v) is 2.35. The maximum Gasteiger partial charge on any atom is 0.302 e. The minimum absolute atomic E-state index is 0.0900. The van der Waals surface area contributed by atoms with Crippen molar-refractivity contribution in [2.45, 2.75) is 19.3 Å². The molecule has 4 heteroatoms. The van der Waals surface area contributed by atoms with Crippen molar-refractivity contribution in [3.63, 3.8) is 0 Å². The number of methoxy groups -OCH3 is 1. The van der Waals surface area contributed by atoms with Gasteiger partial charge in [-0.3, -0.25) is 9.59 Å². The van der Waals surface area contributed by atoms with Crippen molar-refractivity contribution >= 4 is 11.8 Å². The molecule has 1 aliphatic rings. The number of benzene rings is 1. The first-order chi connectivity index (χ1) is 8.99. The topological polar surface area (TPSA) is 52.6 Å². The minimum atomic E-state index is -0.634. The predicted molar refractivity (Wildman–Crippen MR) is 69.8 cm³/mol. The Morgan fingerprint density at radius 1 is 1.32 bits per heavy atom. The second kappa shape index (κ2) is 4.88. The van der Waals surface area contributed by atoms with Crippen LogP contribution in [-0.4, -0.2) is 25.5 Å². The van der Waals surface area contributed by atoms with Crippen LogP contribution in [0, 0.1) is 0 Å². The quantitative estimate of drug-likeness (QED) is 0.782. The van der Waals surface area contributed by atoms with Gasteiger partial charge in [-0.05, 0) is 12.5 Å². The zero-order chi connectivity index (χ0) is 14.0. The molecule has 4 nitrogen and oxygen atoms in total. The molecule has 1 aromatic rings. The van der Waals surface area contributed by atoms with E-state index in [-0.39, 0.29) is 18.4 Å². The van der Waals surface area contributed by atoms with Crippen molar-refractivity contribution in [1.29, 1.82) is 0 Å². The molecule has 0 saturated carbocycles. The van der Waals surface area contributed by atoms with Gasteiger partial charge in [0.25, 0.3) is 0 Å². The highest BCUT2D eigenvalue weighted by Gasteiger charge is 2.40. The first-order valence-corrected chi connectivity index (χ1v) is 6.02. The molecule has 2 rings (SSSR count). The average molecular weight is 260 g/mol. The van der Waals surface area contributed by atoms with Crippen LogP contribution in [0.25, 0.3) is 0 Å². The molecule has 0 bridgehead atoms. The zero-order valence-electron chi connectivity index (χ0n) is 11.2. The Kier molecular flexibility index (Phi) is 3.42. The second-order valence-electron chi connectivity index (χ2n) is 4.73. The van der Waals surface area contributed by atoms with Crippen LogP contribution < -0.4 is 0 Å². The van der Waals surface area contributed by atoms with Gasteiger partial charge in [-0.2, -0.15) is 0 Å². The Balaban J connectivity index is 2.51. The molecule has 100 valence electrons. The van der Waals surface area contributed by atoms with E-state index in [0.717, 1.165) is 5.56 Å². The molecule has 0 amide bonds. The fraction of sp³-hybridized carbons (Fsp3) is 0.333. The number of ketones is 1. The summed E-state index contributed by atoms with van der Waals surface area (Å²) < 4.78 is 10.5. The van der Waals surface area contributed by atoms with Crippen molar-refractivity contribution < 1.29 is 19.1 Å². The van der Waals surface area contributed by atoms with E-state index < -0.39 is 5.41 Å². The highest BCUT2D eigenvalue weighted by molar-refractivity contribution is 6.07. The monoisotopic (exact) mass is 260 g/mol. The fourth-order valence-electron chi connectivity index (χ4n) is 2.35. The van der Waals surface area contributed by atoms with Crippen LogP contribution in [0.3, 0.4) is 0 Å². The summed E-state index contributed by atoms with van der Waals surface area (Å²) in [5.41, 5.74) is 0.809. The van der Waals surface area contributed by atoms with Crippen LogP contribution >= 0.6 is 0 Å². The number of hydrogen-bond donors (Lipinski definition) is 0. The summed E-state index contributed by atoms with van der Waals surface area (Å²) in [6.45, 7) is 3.41. The average Bonchev–Trinajstić information content (AvgIpc) is 2.41. The third kappa shape index (κ3) is 2.26. The van der Waals surface area contributed by atoms with Gasteiger partial charge in [0.2, 0.25) is 0 Å². The van der Waals surface area contributed by atoms with Crippen molar-refractivity contribution in [2.75, 3.05) is 13.7 Å². The summed E-state index contributed by atoms with van der Waals surface area (Å²) in [5.74, 6) is 0.0660. The Hall–Kier alpha value is -2.10. The summed E-state index contributed by atoms with van der Waals surface area (Å²) >= 11 is 0. The standard InChI is InChI=1S/C15H16O4/c1-10(16)19-9-15(2)12-7-5-4-6-11(12)13(17)8-14(15)18-3/h4-8H,9H2,1-3H3/t15-/m1/s1. The van der Waals surface area contributed by atoms with Crippen LogP contribution in [0.5, 0.6) is 0 Å². The summed E-state index contributed by atoms with van der Waals surface area (Å²) in [6.07, 6.45) is 1.46. The Morgan fingerprint density at radius 2 is 2.00 bits per heavy atom. The van der Waals surface area contributed by atoms with Gasteiger partial charge in [-0.15, -0.1) is 0 Å². The molecule has 1 atom stereocenters. The van der Waals surface area contributed by atoms with Crippen LogP contribution in [0.1, 0.15) is 29.8 Å². The summed E-state index contributed by atoms with van der Waals surface area (Å²) in [5, 5.41) is 0. The Morgan fingerprint density at radius 3 is 2.63 bits per heavy atom. The Bertz CT molecular complexity index is 559. The lowest BCUT2D eigenvalue weighted by atomic mass is 9.74. The molecular weight excluding hydrogens is 244 g/mol. The molecule has 0 aromatic heterocycles. The predicted octanol–water partition coefficient (Wildman–Crippen LogP) is 2.23. The zero-order valence-corrected chi connectivity index (χ0v) is 11.2. The second-order valence-corrected chi connectivity index (χ2v) is 4.73. The van der Waals surface area contributed by atoms with Crippen molar-refractivity contribution in [3.05, 3.63) is 47.2 Å². The lowest BCUT2D eigenvalue weighted by molar-refractivity contribution is -0.142. The molecule has 1 aromatic carbocycles. The van der Waals surface area contributed by atoms with Gasteiger partial charge >= 0.3 is 5.97 Å². The summed E-state index contributed by atoms with van der Waals surface area (Å²) in [7, 11) is 1.51. The number of carbonyl (C=O) groups is 2. The van der Waals surface area contributed by atoms with Crippen molar-refractivity contribution in [1.82, 2.24) is 0 Å². The van der Waals surface area contributed by atoms with E-state index in [1.54, 1.807) is 6.07 Å². The number of rotatable bonds is 3. The molecule has 0 fully saturated rings. The van der Waals surface area contributed by atoms with Crippen LogP contribution in [-0.2, 0) is 19.7 Å². The smallest absolute Gasteiger partial charge is 0.302 e. The molecule has 0 spiro atoms. The SMILES string of the molecule is COC1=CC(=O)c2ccccc2[C@@]1(C)COC(C)=O. The number of hydrogen-bond acceptors (Lipinski definition) is 4. The number of ether oxygens (including phenoxy) is 2. The number of esters is 1. The largest absolute Gasteiger partial charge is 0.500 e. The third-order valence-corrected chi connectivity index (χ3v) is 3.38. The lowest BCUT2D eigenvalue weighted by Gasteiger charge is -2.34. The molecule has 1 aliphatic carbocycles. The highest BCUT2D eigenvalue weighted by atomic mass is 16.5. The molecule has 0 aliphatic heterocycles. The van der Waals surface area contributed by atoms with Gasteiger partial charge in [-0.25, -0.2) is 0 Å². The Labute approximate surface area is 112 Å². The van der Waals surface area contributed by atoms with Gasteiger partial charge in [0.1, 0.15) is 12.4 Å². The van der Waals surface area contributed by atoms with Gasteiger partial charge in [-0.1, -0.05) is 24.3 Å². The number of fused-ring (bicyclic) bond motifs is 1. The molecule has 0 unspecified atom stereocenters. The maximum atomic E-state index is 12.0. The number of allylic oxidation sites excluding steroid dienone is 1. The van der Waals surface area contributed by atoms with E-state index in [1.165, 1.54) is 20.1 Å². The first kappa shape index (κ1) is 13.3. The number of carbonyl (C=O) groups excluding carboxylic acids is 2. The van der Waals surface area contributed by atoms with E-state index in [2.05, 4.69) is 0 Å².